The van der Waals surface area contributed by atoms with Gasteiger partial charge in [0.05, 0.1) is 5.70 Å². The van der Waals surface area contributed by atoms with Gasteiger partial charge in [-0.05, 0) is 19.3 Å². The van der Waals surface area contributed by atoms with E-state index in [4.69, 9.17) is 4.74 Å². The van der Waals surface area contributed by atoms with Crippen LogP contribution in [0.3, 0.4) is 0 Å². The van der Waals surface area contributed by atoms with Gasteiger partial charge in [-0.25, -0.2) is 4.79 Å². The third-order valence-electron chi connectivity index (χ3n) is 2.36. The van der Waals surface area contributed by atoms with Crippen molar-refractivity contribution >= 4 is 17.7 Å². The summed E-state index contributed by atoms with van der Waals surface area (Å²) in [6.45, 7) is 3.92. The van der Waals surface area contributed by atoms with Crippen LogP contribution in [0.4, 0.5) is 0 Å². The van der Waals surface area contributed by atoms with E-state index in [0.29, 0.717) is 0 Å². The Labute approximate surface area is 81.4 Å². The maximum atomic E-state index is 11.1. The molecule has 0 bridgehead atoms. The van der Waals surface area contributed by atoms with Crippen molar-refractivity contribution in [3.8, 4) is 0 Å². The van der Waals surface area contributed by atoms with Gasteiger partial charge in [-0.2, -0.15) is 0 Å². The van der Waals surface area contributed by atoms with Crippen LogP contribution >= 0.6 is 11.8 Å². The lowest BCUT2D eigenvalue weighted by molar-refractivity contribution is -0.140. The van der Waals surface area contributed by atoms with Crippen molar-refractivity contribution in [3.05, 3.63) is 22.9 Å². The van der Waals surface area contributed by atoms with Gasteiger partial charge >= 0.3 is 5.97 Å². The molecule has 0 aromatic rings. The Morgan fingerprint density at radius 2 is 2.31 bits per heavy atom. The standard InChI is InChI=1S/C9H11NO2S/c1-6-5-13-9(2)7(10(6)3)4-8(11)12-9/h4-5H,1-3H3. The zero-order chi connectivity index (χ0) is 9.64. The monoisotopic (exact) mass is 197 g/mol. The van der Waals surface area contributed by atoms with Gasteiger partial charge in [0.2, 0.25) is 0 Å². The molecule has 3 nitrogen and oxygen atoms in total. The van der Waals surface area contributed by atoms with E-state index in [2.05, 4.69) is 0 Å². The Morgan fingerprint density at radius 3 is 3.00 bits per heavy atom. The first-order valence-corrected chi connectivity index (χ1v) is 4.94. The minimum Gasteiger partial charge on any atom is -0.438 e. The molecule has 0 radical (unpaired) electrons. The molecule has 0 spiro atoms. The molecule has 2 rings (SSSR count). The number of carbonyl (C=O) groups is 1. The lowest BCUT2D eigenvalue weighted by atomic mass is 10.2. The average Bonchev–Trinajstić information content (AvgIpc) is 2.36. The molecule has 0 saturated heterocycles. The van der Waals surface area contributed by atoms with Crippen molar-refractivity contribution in [1.82, 2.24) is 4.90 Å². The van der Waals surface area contributed by atoms with Crippen LogP contribution in [0.1, 0.15) is 13.8 Å². The molecule has 0 saturated carbocycles. The highest BCUT2D eigenvalue weighted by atomic mass is 32.2. The molecule has 0 N–H and O–H groups in total. The highest BCUT2D eigenvalue weighted by Crippen LogP contribution is 2.45. The highest BCUT2D eigenvalue weighted by Gasteiger charge is 2.43. The number of nitrogens with zero attached hydrogens (tertiary/aromatic N) is 1. The van der Waals surface area contributed by atoms with Gasteiger partial charge < -0.3 is 9.64 Å². The Morgan fingerprint density at radius 1 is 1.62 bits per heavy atom. The molecule has 0 aromatic carbocycles. The molecule has 2 aliphatic rings. The van der Waals surface area contributed by atoms with Crippen LogP contribution in [0.25, 0.3) is 0 Å². The lowest BCUT2D eigenvalue weighted by Crippen LogP contribution is -2.34. The number of rotatable bonds is 0. The van der Waals surface area contributed by atoms with Crippen molar-refractivity contribution in [1.29, 1.82) is 0 Å². The first-order valence-electron chi connectivity index (χ1n) is 4.06. The summed E-state index contributed by atoms with van der Waals surface area (Å²) in [5.74, 6) is -0.250. The van der Waals surface area contributed by atoms with E-state index < -0.39 is 4.93 Å². The Hall–Kier alpha value is -0.900. The maximum Gasteiger partial charge on any atom is 0.334 e. The summed E-state index contributed by atoms with van der Waals surface area (Å²) in [4.78, 5) is 12.6. The predicted molar refractivity (Wildman–Crippen MR) is 51.7 cm³/mol. The fourth-order valence-corrected chi connectivity index (χ4v) is 2.47. The van der Waals surface area contributed by atoms with Crippen molar-refractivity contribution < 1.29 is 9.53 Å². The van der Waals surface area contributed by atoms with Gasteiger partial charge in [0.15, 0.2) is 4.93 Å². The van der Waals surface area contributed by atoms with Gasteiger partial charge in [-0.3, -0.25) is 0 Å². The fraction of sp³-hybridized carbons (Fsp3) is 0.444. The third kappa shape index (κ3) is 1.16. The molecule has 2 aliphatic heterocycles. The minimum atomic E-state index is -0.509. The van der Waals surface area contributed by atoms with Crippen molar-refractivity contribution in [2.45, 2.75) is 18.8 Å². The molecule has 0 amide bonds. The molecule has 2 heterocycles. The average molecular weight is 197 g/mol. The minimum absolute atomic E-state index is 0.250. The fourth-order valence-electron chi connectivity index (χ4n) is 1.47. The molecule has 70 valence electrons. The summed E-state index contributed by atoms with van der Waals surface area (Å²) in [5, 5.41) is 2.01. The highest BCUT2D eigenvalue weighted by molar-refractivity contribution is 8.03. The number of fused-ring (bicyclic) bond motifs is 1. The van der Waals surface area contributed by atoms with Gasteiger partial charge in [0.25, 0.3) is 0 Å². The first kappa shape index (κ1) is 8.69. The topological polar surface area (TPSA) is 29.5 Å². The first-order chi connectivity index (χ1) is 6.03. The summed E-state index contributed by atoms with van der Waals surface area (Å²) in [5.41, 5.74) is 2.06. The predicted octanol–water partition coefficient (Wildman–Crippen LogP) is 1.68. The van der Waals surface area contributed by atoms with E-state index in [9.17, 15) is 4.79 Å². The van der Waals surface area contributed by atoms with Crippen LogP contribution in [0.5, 0.6) is 0 Å². The number of ether oxygens (including phenoxy) is 1. The normalized spacial score (nSPS) is 32.2. The quantitative estimate of drug-likeness (QED) is 0.553. The van der Waals surface area contributed by atoms with Gasteiger partial charge in [0, 0.05) is 18.8 Å². The van der Waals surface area contributed by atoms with Crippen LogP contribution in [0.15, 0.2) is 22.9 Å². The third-order valence-corrected chi connectivity index (χ3v) is 3.56. The summed E-state index contributed by atoms with van der Waals surface area (Å²) >= 11 is 1.54. The molecule has 4 heteroatoms. The Balaban J connectivity index is 2.44. The number of allylic oxidation sites excluding steroid dienone is 1. The molecule has 0 fully saturated rings. The number of esters is 1. The summed E-state index contributed by atoms with van der Waals surface area (Å²) < 4.78 is 5.22. The number of thioether (sulfide) groups is 1. The van der Waals surface area contributed by atoms with Crippen LogP contribution < -0.4 is 0 Å². The number of hydrogen-bond donors (Lipinski definition) is 0. The molecule has 0 aliphatic carbocycles. The molecular formula is C9H11NO2S. The summed E-state index contributed by atoms with van der Waals surface area (Å²) in [6.07, 6.45) is 1.56. The zero-order valence-corrected chi connectivity index (χ0v) is 8.64. The van der Waals surface area contributed by atoms with Crippen LogP contribution in [-0.2, 0) is 9.53 Å². The van der Waals surface area contributed by atoms with E-state index in [1.54, 1.807) is 6.08 Å². The van der Waals surface area contributed by atoms with E-state index in [1.165, 1.54) is 11.8 Å². The molecule has 13 heavy (non-hydrogen) atoms. The second-order valence-corrected chi connectivity index (χ2v) is 4.58. The molecule has 1 atom stereocenters. The van der Waals surface area contributed by atoms with E-state index >= 15 is 0 Å². The van der Waals surface area contributed by atoms with Gasteiger partial charge in [0.1, 0.15) is 0 Å². The number of carbonyl (C=O) groups excluding carboxylic acids is 1. The number of likely N-dealkylation sites (N-methyl/N-ethyl adjacent to an activating group) is 1. The van der Waals surface area contributed by atoms with E-state index in [0.717, 1.165) is 11.4 Å². The zero-order valence-electron chi connectivity index (χ0n) is 7.83. The van der Waals surface area contributed by atoms with Crippen molar-refractivity contribution in [2.75, 3.05) is 7.05 Å². The summed E-state index contributed by atoms with van der Waals surface area (Å²) in [7, 11) is 1.94. The Bertz CT molecular complexity index is 335. The maximum absolute atomic E-state index is 11.1. The largest absolute Gasteiger partial charge is 0.438 e. The lowest BCUT2D eigenvalue weighted by Gasteiger charge is -2.35. The van der Waals surface area contributed by atoms with Crippen LogP contribution in [0.2, 0.25) is 0 Å². The molecular weight excluding hydrogens is 186 g/mol. The van der Waals surface area contributed by atoms with Crippen LogP contribution in [-0.4, -0.2) is 22.8 Å². The summed E-state index contributed by atoms with van der Waals surface area (Å²) in [6, 6.07) is 0. The van der Waals surface area contributed by atoms with Gasteiger partial charge in [-0.1, -0.05) is 11.8 Å². The smallest absolute Gasteiger partial charge is 0.334 e. The van der Waals surface area contributed by atoms with Crippen LogP contribution in [0, 0.1) is 0 Å². The second kappa shape index (κ2) is 2.54. The Kier molecular flexibility index (Phi) is 1.70. The second-order valence-electron chi connectivity index (χ2n) is 3.33. The molecule has 0 aromatic heterocycles. The number of hydrogen-bond acceptors (Lipinski definition) is 4. The van der Waals surface area contributed by atoms with E-state index in [1.807, 2.05) is 31.2 Å². The van der Waals surface area contributed by atoms with Gasteiger partial charge in [-0.15, -0.1) is 0 Å². The van der Waals surface area contributed by atoms with Crippen molar-refractivity contribution in [2.24, 2.45) is 0 Å². The van der Waals surface area contributed by atoms with E-state index in [-0.39, 0.29) is 5.97 Å². The van der Waals surface area contributed by atoms with Crippen molar-refractivity contribution in [3.63, 3.8) is 0 Å². The SMILES string of the molecule is CC1=CSC2(C)OC(=O)C=C2N1C. The molecule has 1 unspecified atom stereocenters.